The SMILES string of the molecule is COc1ccc(C2(C(N)=O)CCCC2)c(O)c1. The molecule has 0 atom stereocenters. The molecule has 3 N–H and O–H groups in total. The molecule has 92 valence electrons. The summed E-state index contributed by atoms with van der Waals surface area (Å²) >= 11 is 0. The Morgan fingerprint density at radius 2 is 2.06 bits per heavy atom. The Morgan fingerprint density at radius 1 is 1.41 bits per heavy atom. The maximum Gasteiger partial charge on any atom is 0.228 e. The Morgan fingerprint density at radius 3 is 2.53 bits per heavy atom. The van der Waals surface area contributed by atoms with Crippen LogP contribution in [-0.4, -0.2) is 18.1 Å². The predicted octanol–water partition coefficient (Wildman–Crippen LogP) is 1.70. The van der Waals surface area contributed by atoms with E-state index < -0.39 is 5.41 Å². The average molecular weight is 235 g/mol. The van der Waals surface area contributed by atoms with Gasteiger partial charge in [-0.25, -0.2) is 0 Å². The van der Waals surface area contributed by atoms with Gasteiger partial charge in [-0.05, 0) is 18.9 Å². The molecule has 0 aliphatic heterocycles. The number of amides is 1. The van der Waals surface area contributed by atoms with Crippen molar-refractivity contribution >= 4 is 5.91 Å². The fourth-order valence-corrected chi connectivity index (χ4v) is 2.67. The Labute approximate surface area is 100 Å². The number of carbonyl (C=O) groups excluding carboxylic acids is 1. The lowest BCUT2D eigenvalue weighted by Crippen LogP contribution is -2.38. The van der Waals surface area contributed by atoms with E-state index in [0.717, 1.165) is 12.8 Å². The Balaban J connectivity index is 2.47. The number of ether oxygens (including phenoxy) is 1. The van der Waals surface area contributed by atoms with Crippen molar-refractivity contribution < 1.29 is 14.6 Å². The van der Waals surface area contributed by atoms with Crippen LogP contribution in [0.1, 0.15) is 31.2 Å². The van der Waals surface area contributed by atoms with Gasteiger partial charge < -0.3 is 15.6 Å². The first kappa shape index (κ1) is 11.8. The van der Waals surface area contributed by atoms with Gasteiger partial charge in [-0.1, -0.05) is 18.9 Å². The summed E-state index contributed by atoms with van der Waals surface area (Å²) in [5.41, 5.74) is 5.45. The van der Waals surface area contributed by atoms with Crippen molar-refractivity contribution in [3.05, 3.63) is 23.8 Å². The molecule has 1 aromatic rings. The highest BCUT2D eigenvalue weighted by atomic mass is 16.5. The second-order valence-electron chi connectivity index (χ2n) is 4.54. The molecule has 17 heavy (non-hydrogen) atoms. The number of rotatable bonds is 3. The third kappa shape index (κ3) is 1.84. The number of phenolic OH excluding ortho intramolecular Hbond substituents is 1. The number of hydrogen-bond acceptors (Lipinski definition) is 3. The van der Waals surface area contributed by atoms with E-state index in [0.29, 0.717) is 24.2 Å². The van der Waals surface area contributed by atoms with E-state index in [9.17, 15) is 9.90 Å². The van der Waals surface area contributed by atoms with Crippen molar-refractivity contribution in [3.63, 3.8) is 0 Å². The largest absolute Gasteiger partial charge is 0.507 e. The van der Waals surface area contributed by atoms with E-state index in [2.05, 4.69) is 0 Å². The van der Waals surface area contributed by atoms with E-state index >= 15 is 0 Å². The average Bonchev–Trinajstić information content (AvgIpc) is 2.79. The van der Waals surface area contributed by atoms with Gasteiger partial charge in [0.1, 0.15) is 11.5 Å². The summed E-state index contributed by atoms with van der Waals surface area (Å²) in [5, 5.41) is 10.0. The summed E-state index contributed by atoms with van der Waals surface area (Å²) in [6, 6.07) is 5.01. The Bertz CT molecular complexity index is 436. The van der Waals surface area contributed by atoms with Crippen LogP contribution in [-0.2, 0) is 10.2 Å². The van der Waals surface area contributed by atoms with Crippen LogP contribution in [0.4, 0.5) is 0 Å². The zero-order chi connectivity index (χ0) is 12.5. The molecule has 1 aliphatic carbocycles. The second kappa shape index (κ2) is 4.28. The molecule has 0 aromatic heterocycles. The number of carbonyl (C=O) groups is 1. The number of aromatic hydroxyl groups is 1. The third-order valence-electron chi connectivity index (χ3n) is 3.65. The molecular formula is C13H17NO3. The molecule has 1 aliphatic rings. The standard InChI is InChI=1S/C13H17NO3/c1-17-9-4-5-10(11(15)8-9)13(12(14)16)6-2-3-7-13/h4-5,8,15H,2-3,6-7H2,1H3,(H2,14,16). The minimum Gasteiger partial charge on any atom is -0.507 e. The van der Waals surface area contributed by atoms with Gasteiger partial charge in [0.05, 0.1) is 12.5 Å². The number of methoxy groups -OCH3 is 1. The minimum absolute atomic E-state index is 0.0880. The molecule has 0 saturated heterocycles. The highest BCUT2D eigenvalue weighted by Crippen LogP contribution is 2.45. The van der Waals surface area contributed by atoms with Crippen LogP contribution in [0.5, 0.6) is 11.5 Å². The van der Waals surface area contributed by atoms with Crippen LogP contribution in [0, 0.1) is 0 Å². The third-order valence-corrected chi connectivity index (χ3v) is 3.65. The second-order valence-corrected chi connectivity index (χ2v) is 4.54. The van der Waals surface area contributed by atoms with Crippen LogP contribution in [0.2, 0.25) is 0 Å². The van der Waals surface area contributed by atoms with Crippen LogP contribution in [0.25, 0.3) is 0 Å². The first-order valence-corrected chi connectivity index (χ1v) is 5.77. The topological polar surface area (TPSA) is 72.5 Å². The molecule has 0 bridgehead atoms. The number of phenols is 1. The number of nitrogens with two attached hydrogens (primary N) is 1. The summed E-state index contributed by atoms with van der Waals surface area (Å²) in [6.07, 6.45) is 3.35. The van der Waals surface area contributed by atoms with Crippen molar-refractivity contribution in [1.29, 1.82) is 0 Å². The quantitative estimate of drug-likeness (QED) is 0.837. The first-order chi connectivity index (χ1) is 8.10. The molecule has 0 spiro atoms. The van der Waals surface area contributed by atoms with Gasteiger partial charge in [-0.15, -0.1) is 0 Å². The lowest BCUT2D eigenvalue weighted by atomic mass is 9.77. The number of benzene rings is 1. The van der Waals surface area contributed by atoms with E-state index in [-0.39, 0.29) is 11.7 Å². The molecule has 1 aromatic carbocycles. The summed E-state index contributed by atoms with van der Waals surface area (Å²) in [5.74, 6) is 0.310. The molecule has 4 nitrogen and oxygen atoms in total. The summed E-state index contributed by atoms with van der Waals surface area (Å²) in [7, 11) is 1.54. The molecule has 1 fully saturated rings. The fourth-order valence-electron chi connectivity index (χ4n) is 2.67. The van der Waals surface area contributed by atoms with Crippen molar-refractivity contribution in [3.8, 4) is 11.5 Å². The van der Waals surface area contributed by atoms with Crippen molar-refractivity contribution in [1.82, 2.24) is 0 Å². The van der Waals surface area contributed by atoms with Gasteiger partial charge in [0.2, 0.25) is 5.91 Å². The first-order valence-electron chi connectivity index (χ1n) is 5.77. The van der Waals surface area contributed by atoms with Crippen molar-refractivity contribution in [2.24, 2.45) is 5.73 Å². The van der Waals surface area contributed by atoms with Crippen LogP contribution in [0.3, 0.4) is 0 Å². The maximum absolute atomic E-state index is 11.7. The summed E-state index contributed by atoms with van der Waals surface area (Å²) in [4.78, 5) is 11.7. The normalized spacial score (nSPS) is 17.9. The highest BCUT2D eigenvalue weighted by molar-refractivity contribution is 5.88. The van der Waals surface area contributed by atoms with Gasteiger partial charge in [0, 0.05) is 11.6 Å². The lowest BCUT2D eigenvalue weighted by Gasteiger charge is -2.26. The van der Waals surface area contributed by atoms with Gasteiger partial charge in [-0.2, -0.15) is 0 Å². The van der Waals surface area contributed by atoms with E-state index in [1.165, 1.54) is 13.2 Å². The van der Waals surface area contributed by atoms with Crippen molar-refractivity contribution in [2.45, 2.75) is 31.1 Å². The molecule has 2 rings (SSSR count). The van der Waals surface area contributed by atoms with E-state index in [4.69, 9.17) is 10.5 Å². The van der Waals surface area contributed by atoms with Crippen LogP contribution < -0.4 is 10.5 Å². The summed E-state index contributed by atoms with van der Waals surface area (Å²) < 4.78 is 5.03. The van der Waals surface area contributed by atoms with Gasteiger partial charge in [0.25, 0.3) is 0 Å². The highest BCUT2D eigenvalue weighted by Gasteiger charge is 2.42. The molecule has 4 heteroatoms. The zero-order valence-electron chi connectivity index (χ0n) is 9.90. The fraction of sp³-hybridized carbons (Fsp3) is 0.462. The Hall–Kier alpha value is -1.71. The van der Waals surface area contributed by atoms with Crippen LogP contribution in [0.15, 0.2) is 18.2 Å². The molecule has 1 saturated carbocycles. The smallest absolute Gasteiger partial charge is 0.228 e. The van der Waals surface area contributed by atoms with Crippen LogP contribution >= 0.6 is 0 Å². The molecular weight excluding hydrogens is 218 g/mol. The minimum atomic E-state index is -0.698. The van der Waals surface area contributed by atoms with E-state index in [1.54, 1.807) is 12.1 Å². The Kier molecular flexibility index (Phi) is 2.96. The van der Waals surface area contributed by atoms with Crippen molar-refractivity contribution in [2.75, 3.05) is 7.11 Å². The number of hydrogen-bond donors (Lipinski definition) is 2. The van der Waals surface area contributed by atoms with Gasteiger partial charge >= 0.3 is 0 Å². The van der Waals surface area contributed by atoms with Gasteiger partial charge in [-0.3, -0.25) is 4.79 Å². The van der Waals surface area contributed by atoms with Gasteiger partial charge in [0.15, 0.2) is 0 Å². The lowest BCUT2D eigenvalue weighted by molar-refractivity contribution is -0.123. The molecule has 0 heterocycles. The number of primary amides is 1. The zero-order valence-corrected chi connectivity index (χ0v) is 9.90. The summed E-state index contributed by atoms with van der Waals surface area (Å²) in [6.45, 7) is 0. The maximum atomic E-state index is 11.7. The molecule has 1 amide bonds. The molecule has 0 unspecified atom stereocenters. The monoisotopic (exact) mass is 235 g/mol. The predicted molar refractivity (Wildman–Crippen MR) is 64.0 cm³/mol. The molecule has 0 radical (unpaired) electrons. The van der Waals surface area contributed by atoms with E-state index in [1.807, 2.05) is 0 Å².